The summed E-state index contributed by atoms with van der Waals surface area (Å²) >= 11 is 0. The van der Waals surface area contributed by atoms with Crippen LogP contribution >= 0.6 is 0 Å². The average Bonchev–Trinajstić information content (AvgIpc) is 3.16. The first-order valence-corrected chi connectivity index (χ1v) is 10.4. The SMILES string of the molecule is Cc1cc(C)n2nc(C(=O)N3CCN(CC(=O)Nc4cccc(C)c4C)CC3)nc2n1. The van der Waals surface area contributed by atoms with Gasteiger partial charge in [-0.2, -0.15) is 4.98 Å². The van der Waals surface area contributed by atoms with Crippen LogP contribution < -0.4 is 5.32 Å². The van der Waals surface area contributed by atoms with Crippen LogP contribution in [0.3, 0.4) is 0 Å². The first kappa shape index (κ1) is 20.9. The fourth-order valence-corrected chi connectivity index (χ4v) is 3.79. The summed E-state index contributed by atoms with van der Waals surface area (Å²) in [5.41, 5.74) is 4.78. The Morgan fingerprint density at radius 1 is 1.03 bits per heavy atom. The molecule has 2 amide bonds. The Morgan fingerprint density at radius 2 is 1.77 bits per heavy atom. The molecule has 1 aromatic carbocycles. The molecule has 0 saturated carbocycles. The lowest BCUT2D eigenvalue weighted by atomic mass is 10.1. The molecule has 3 aromatic rings. The van der Waals surface area contributed by atoms with Crippen molar-refractivity contribution in [1.29, 1.82) is 0 Å². The van der Waals surface area contributed by atoms with E-state index in [1.165, 1.54) is 0 Å². The third-order valence-electron chi connectivity index (χ3n) is 5.72. The molecule has 4 rings (SSSR count). The monoisotopic (exact) mass is 421 g/mol. The lowest BCUT2D eigenvalue weighted by Gasteiger charge is -2.33. The van der Waals surface area contributed by atoms with Crippen molar-refractivity contribution in [2.75, 3.05) is 38.0 Å². The van der Waals surface area contributed by atoms with Crippen molar-refractivity contribution in [2.24, 2.45) is 0 Å². The van der Waals surface area contributed by atoms with Crippen LogP contribution in [0.4, 0.5) is 5.69 Å². The van der Waals surface area contributed by atoms with Crippen LogP contribution in [0.5, 0.6) is 0 Å². The number of benzene rings is 1. The van der Waals surface area contributed by atoms with Crippen LogP contribution in [-0.2, 0) is 4.79 Å². The summed E-state index contributed by atoms with van der Waals surface area (Å²) in [7, 11) is 0. The van der Waals surface area contributed by atoms with Crippen LogP contribution in [0, 0.1) is 27.7 Å². The Kier molecular flexibility index (Phi) is 5.69. The van der Waals surface area contributed by atoms with Gasteiger partial charge in [0.05, 0.1) is 6.54 Å². The van der Waals surface area contributed by atoms with Crippen molar-refractivity contribution in [3.05, 3.63) is 52.6 Å². The van der Waals surface area contributed by atoms with Gasteiger partial charge in [-0.1, -0.05) is 12.1 Å². The molecule has 31 heavy (non-hydrogen) atoms. The van der Waals surface area contributed by atoms with Gasteiger partial charge in [-0.15, -0.1) is 5.10 Å². The van der Waals surface area contributed by atoms with Crippen LogP contribution in [0.25, 0.3) is 5.78 Å². The Balaban J connectivity index is 1.34. The maximum Gasteiger partial charge on any atom is 0.293 e. The molecule has 3 heterocycles. The lowest BCUT2D eigenvalue weighted by Crippen LogP contribution is -2.50. The first-order valence-electron chi connectivity index (χ1n) is 10.4. The van der Waals surface area contributed by atoms with E-state index in [1.54, 1.807) is 9.42 Å². The van der Waals surface area contributed by atoms with Gasteiger partial charge >= 0.3 is 0 Å². The number of anilines is 1. The van der Waals surface area contributed by atoms with Crippen LogP contribution in [0.15, 0.2) is 24.3 Å². The molecule has 9 nitrogen and oxygen atoms in total. The van der Waals surface area contributed by atoms with E-state index in [-0.39, 0.29) is 17.6 Å². The second-order valence-electron chi connectivity index (χ2n) is 8.05. The molecule has 0 unspecified atom stereocenters. The summed E-state index contributed by atoms with van der Waals surface area (Å²) in [4.78, 5) is 37.8. The number of hydrogen-bond donors (Lipinski definition) is 1. The zero-order chi connectivity index (χ0) is 22.1. The molecule has 1 aliphatic rings. The highest BCUT2D eigenvalue weighted by atomic mass is 16.2. The molecule has 0 spiro atoms. The maximum atomic E-state index is 12.9. The number of amides is 2. The van der Waals surface area contributed by atoms with Gasteiger partial charge in [0.2, 0.25) is 11.7 Å². The van der Waals surface area contributed by atoms with Gasteiger partial charge in [0.1, 0.15) is 0 Å². The predicted molar refractivity (Wildman–Crippen MR) is 117 cm³/mol. The van der Waals surface area contributed by atoms with Gasteiger partial charge in [-0.05, 0) is 51.0 Å². The van der Waals surface area contributed by atoms with Crippen molar-refractivity contribution in [3.8, 4) is 0 Å². The van der Waals surface area contributed by atoms with E-state index >= 15 is 0 Å². The minimum absolute atomic E-state index is 0.0487. The van der Waals surface area contributed by atoms with Gasteiger partial charge in [-0.25, -0.2) is 9.50 Å². The number of nitrogens with one attached hydrogen (secondary N) is 1. The molecular formula is C22H27N7O2. The van der Waals surface area contributed by atoms with Crippen molar-refractivity contribution >= 4 is 23.3 Å². The number of fused-ring (bicyclic) bond motifs is 1. The smallest absolute Gasteiger partial charge is 0.293 e. The number of carbonyl (C=O) groups excluding carboxylic acids is 2. The molecule has 9 heteroatoms. The standard InChI is InChI=1S/C22H27N7O2/c1-14-6-5-7-18(17(14)4)24-19(30)13-27-8-10-28(11-9-27)21(31)20-25-22-23-15(2)12-16(3)29(22)26-20/h5-7,12H,8-11,13H2,1-4H3,(H,24,30). The summed E-state index contributed by atoms with van der Waals surface area (Å²) in [5.74, 6) is 0.333. The number of aromatic nitrogens is 4. The van der Waals surface area contributed by atoms with E-state index < -0.39 is 0 Å². The van der Waals surface area contributed by atoms with E-state index in [0.717, 1.165) is 28.2 Å². The largest absolute Gasteiger partial charge is 0.333 e. The minimum Gasteiger partial charge on any atom is -0.333 e. The zero-order valence-corrected chi connectivity index (χ0v) is 18.3. The molecule has 0 atom stereocenters. The van der Waals surface area contributed by atoms with E-state index in [2.05, 4.69) is 25.3 Å². The summed E-state index contributed by atoms with van der Waals surface area (Å²) in [6, 6.07) is 7.78. The number of hydrogen-bond acceptors (Lipinski definition) is 6. The molecule has 0 bridgehead atoms. The number of nitrogens with zero attached hydrogens (tertiary/aromatic N) is 6. The highest BCUT2D eigenvalue weighted by Gasteiger charge is 2.26. The number of carbonyl (C=O) groups is 2. The second-order valence-corrected chi connectivity index (χ2v) is 8.05. The van der Waals surface area contributed by atoms with Crippen molar-refractivity contribution in [1.82, 2.24) is 29.4 Å². The quantitative estimate of drug-likeness (QED) is 0.690. The summed E-state index contributed by atoms with van der Waals surface area (Å²) in [6.45, 7) is 10.4. The number of rotatable bonds is 4. The fraction of sp³-hybridized carbons (Fsp3) is 0.409. The topological polar surface area (TPSA) is 95.7 Å². The zero-order valence-electron chi connectivity index (χ0n) is 18.3. The summed E-state index contributed by atoms with van der Waals surface area (Å²) in [6.07, 6.45) is 0. The second kappa shape index (κ2) is 8.43. The molecule has 0 radical (unpaired) electrons. The molecule has 1 saturated heterocycles. The number of aryl methyl sites for hydroxylation is 3. The van der Waals surface area contributed by atoms with Crippen LogP contribution in [0.2, 0.25) is 0 Å². The van der Waals surface area contributed by atoms with Crippen LogP contribution in [-0.4, -0.2) is 73.9 Å². The third kappa shape index (κ3) is 4.41. The predicted octanol–water partition coefficient (Wildman–Crippen LogP) is 1.75. The normalized spacial score (nSPS) is 14.8. The molecular weight excluding hydrogens is 394 g/mol. The van der Waals surface area contributed by atoms with E-state index in [0.29, 0.717) is 38.5 Å². The van der Waals surface area contributed by atoms with Crippen molar-refractivity contribution < 1.29 is 9.59 Å². The van der Waals surface area contributed by atoms with Gasteiger partial charge in [0, 0.05) is 43.3 Å². The molecule has 0 aliphatic carbocycles. The molecule has 1 aliphatic heterocycles. The van der Waals surface area contributed by atoms with Gasteiger partial charge in [0.25, 0.3) is 11.7 Å². The Bertz CT molecular complexity index is 1150. The van der Waals surface area contributed by atoms with E-state index in [1.807, 2.05) is 52.0 Å². The van der Waals surface area contributed by atoms with Gasteiger partial charge in [-0.3, -0.25) is 14.5 Å². The third-order valence-corrected chi connectivity index (χ3v) is 5.72. The maximum absolute atomic E-state index is 12.9. The lowest BCUT2D eigenvalue weighted by molar-refractivity contribution is -0.117. The molecule has 2 aromatic heterocycles. The van der Waals surface area contributed by atoms with Crippen molar-refractivity contribution in [2.45, 2.75) is 27.7 Å². The highest BCUT2D eigenvalue weighted by molar-refractivity contribution is 5.93. The van der Waals surface area contributed by atoms with Gasteiger partial charge < -0.3 is 10.2 Å². The summed E-state index contributed by atoms with van der Waals surface area (Å²) in [5, 5.41) is 7.32. The number of piperazine rings is 1. The first-order chi connectivity index (χ1) is 14.8. The highest BCUT2D eigenvalue weighted by Crippen LogP contribution is 2.18. The fourth-order valence-electron chi connectivity index (χ4n) is 3.79. The van der Waals surface area contributed by atoms with Crippen molar-refractivity contribution in [3.63, 3.8) is 0 Å². The Labute approximate surface area is 181 Å². The molecule has 1 N–H and O–H groups in total. The van der Waals surface area contributed by atoms with Crippen LogP contribution in [0.1, 0.15) is 33.1 Å². The summed E-state index contributed by atoms with van der Waals surface area (Å²) < 4.78 is 1.59. The van der Waals surface area contributed by atoms with E-state index in [4.69, 9.17) is 0 Å². The average molecular weight is 422 g/mol. The van der Waals surface area contributed by atoms with E-state index in [9.17, 15) is 9.59 Å². The Hall–Kier alpha value is -3.33. The Morgan fingerprint density at radius 3 is 2.52 bits per heavy atom. The van der Waals surface area contributed by atoms with Gasteiger partial charge in [0.15, 0.2) is 0 Å². The minimum atomic E-state index is -0.206. The molecule has 1 fully saturated rings. The molecule has 162 valence electrons.